The van der Waals surface area contributed by atoms with E-state index in [2.05, 4.69) is 17.4 Å². The summed E-state index contributed by atoms with van der Waals surface area (Å²) in [6, 6.07) is 8.38. The number of amides is 1. The van der Waals surface area contributed by atoms with E-state index in [0.717, 1.165) is 37.9 Å². The minimum absolute atomic E-state index is 0.144. The Hall–Kier alpha value is -1.88. The van der Waals surface area contributed by atoms with Crippen molar-refractivity contribution < 1.29 is 18.7 Å². The maximum Gasteiger partial charge on any atom is 0.226 e. The van der Waals surface area contributed by atoms with Crippen molar-refractivity contribution in [1.82, 2.24) is 5.32 Å². The van der Waals surface area contributed by atoms with Crippen LogP contribution < -0.4 is 10.1 Å². The fourth-order valence-electron chi connectivity index (χ4n) is 4.84. The normalized spacial score (nSPS) is 34.1. The number of nitrogens with one attached hydrogen (secondary N) is 1. The second-order valence-electron chi connectivity index (χ2n) is 8.52. The summed E-state index contributed by atoms with van der Waals surface area (Å²) in [5.74, 6) is 0.984. The van der Waals surface area contributed by atoms with Crippen LogP contribution in [0.25, 0.3) is 0 Å². The molecule has 1 N–H and O–H groups in total. The molecule has 4 saturated carbocycles. The Morgan fingerprint density at radius 2 is 1.93 bits per heavy atom. The molecule has 4 nitrogen and oxygen atoms in total. The van der Waals surface area contributed by atoms with E-state index in [4.69, 9.17) is 9.47 Å². The zero-order valence-electron chi connectivity index (χ0n) is 16.1. The molecule has 4 fully saturated rings. The average molecular weight is 373 g/mol. The molecule has 0 aromatic heterocycles. The van der Waals surface area contributed by atoms with Gasteiger partial charge in [0.1, 0.15) is 12.4 Å². The highest BCUT2D eigenvalue weighted by Gasteiger charge is 2.71. The summed E-state index contributed by atoms with van der Waals surface area (Å²) in [7, 11) is 1.73. The van der Waals surface area contributed by atoms with Crippen molar-refractivity contribution in [3.8, 4) is 5.75 Å². The summed E-state index contributed by atoms with van der Waals surface area (Å²) >= 11 is 0. The number of benzene rings is 1. The fourth-order valence-corrected chi connectivity index (χ4v) is 4.84. The van der Waals surface area contributed by atoms with Gasteiger partial charge >= 0.3 is 0 Å². The quantitative estimate of drug-likeness (QED) is 0.748. The van der Waals surface area contributed by atoms with Crippen LogP contribution in [0.2, 0.25) is 0 Å². The van der Waals surface area contributed by atoms with E-state index >= 15 is 0 Å². The lowest BCUT2D eigenvalue weighted by Crippen LogP contribution is -2.71. The van der Waals surface area contributed by atoms with Crippen LogP contribution in [0.4, 0.5) is 4.39 Å². The lowest BCUT2D eigenvalue weighted by Gasteiger charge is -2.70. The number of hydrogen-bond donors (Lipinski definition) is 1. The third-order valence-electron chi connectivity index (χ3n) is 6.77. The summed E-state index contributed by atoms with van der Waals surface area (Å²) < 4.78 is 23.5. The molecule has 4 aliphatic carbocycles. The second-order valence-corrected chi connectivity index (χ2v) is 8.52. The molecule has 27 heavy (non-hydrogen) atoms. The number of halogens is 1. The predicted molar refractivity (Wildman–Crippen MR) is 101 cm³/mol. The highest BCUT2D eigenvalue weighted by molar-refractivity contribution is 5.87. The maximum absolute atomic E-state index is 12.6. The van der Waals surface area contributed by atoms with Crippen LogP contribution in [0.1, 0.15) is 51.0 Å². The molecule has 146 valence electrons. The number of rotatable bonds is 8. The van der Waals surface area contributed by atoms with Gasteiger partial charge in [-0.3, -0.25) is 4.79 Å². The van der Waals surface area contributed by atoms with Crippen molar-refractivity contribution >= 4 is 5.91 Å². The summed E-state index contributed by atoms with van der Waals surface area (Å²) in [5.41, 5.74) is 1.95. The van der Waals surface area contributed by atoms with Crippen molar-refractivity contribution in [3.63, 3.8) is 0 Å². The Labute approximate surface area is 160 Å². The highest BCUT2D eigenvalue weighted by Crippen LogP contribution is 2.73. The van der Waals surface area contributed by atoms with E-state index in [9.17, 15) is 9.18 Å². The summed E-state index contributed by atoms with van der Waals surface area (Å²) in [4.78, 5) is 12.6. The molecule has 1 aromatic carbocycles. The van der Waals surface area contributed by atoms with Crippen LogP contribution in [0.5, 0.6) is 5.75 Å². The maximum atomic E-state index is 12.6. The van der Waals surface area contributed by atoms with Gasteiger partial charge in [-0.1, -0.05) is 19.1 Å². The van der Waals surface area contributed by atoms with E-state index in [1.165, 1.54) is 5.56 Å². The van der Waals surface area contributed by atoms with E-state index in [-0.39, 0.29) is 29.4 Å². The van der Waals surface area contributed by atoms with Crippen LogP contribution in [0, 0.1) is 5.41 Å². The van der Waals surface area contributed by atoms with Gasteiger partial charge in [0, 0.05) is 13.2 Å². The minimum Gasteiger partial charge on any atom is -0.489 e. The van der Waals surface area contributed by atoms with E-state index in [0.29, 0.717) is 24.4 Å². The highest BCUT2D eigenvalue weighted by atomic mass is 19.1. The van der Waals surface area contributed by atoms with Crippen LogP contribution in [-0.2, 0) is 14.9 Å². The van der Waals surface area contributed by atoms with E-state index < -0.39 is 0 Å². The Morgan fingerprint density at radius 1 is 1.26 bits per heavy atom. The Morgan fingerprint density at radius 3 is 2.48 bits per heavy atom. The van der Waals surface area contributed by atoms with Gasteiger partial charge < -0.3 is 14.8 Å². The molecule has 0 radical (unpaired) electrons. The summed E-state index contributed by atoms with van der Waals surface area (Å²) in [6.45, 7) is 2.19. The first-order valence-corrected chi connectivity index (χ1v) is 9.88. The lowest BCUT2D eigenvalue weighted by molar-refractivity contribution is -0.178. The molecule has 0 unspecified atom stereocenters. The van der Waals surface area contributed by atoms with Crippen LogP contribution in [0.3, 0.4) is 0 Å². The summed E-state index contributed by atoms with van der Waals surface area (Å²) in [6.07, 6.45) is 6.27. The second kappa shape index (κ2) is 6.93. The standard InChI is InChI=1S/C22H28FNO3/c1-3-15(10-23)11-27-18-6-4-16(5-7-18)21-12-22(13-21,14-21)20(25)24-17-8-19(9-17)26-2/h4-7,10,17,19H,3,8-9,11-14H2,1-2H3,(H,24,25)/b15-10+. The third-order valence-corrected chi connectivity index (χ3v) is 6.77. The van der Waals surface area contributed by atoms with Crippen molar-refractivity contribution in [3.05, 3.63) is 41.7 Å². The zero-order chi connectivity index (χ0) is 19.1. The average Bonchev–Trinajstić information content (AvgIpc) is 2.57. The first kappa shape index (κ1) is 18.5. The van der Waals surface area contributed by atoms with Crippen LogP contribution >= 0.6 is 0 Å². The van der Waals surface area contributed by atoms with Crippen molar-refractivity contribution in [2.24, 2.45) is 5.41 Å². The van der Waals surface area contributed by atoms with Crippen molar-refractivity contribution in [1.29, 1.82) is 0 Å². The molecular formula is C22H28FNO3. The molecule has 0 spiro atoms. The lowest BCUT2D eigenvalue weighted by atomic mass is 9.33. The molecule has 4 aliphatic rings. The molecular weight excluding hydrogens is 345 g/mol. The number of hydrogen-bond acceptors (Lipinski definition) is 3. The van der Waals surface area contributed by atoms with Crippen LogP contribution in [-0.4, -0.2) is 31.8 Å². The third kappa shape index (κ3) is 3.16. The van der Waals surface area contributed by atoms with Crippen LogP contribution in [0.15, 0.2) is 36.2 Å². The van der Waals surface area contributed by atoms with Gasteiger partial charge in [-0.15, -0.1) is 0 Å². The molecule has 1 amide bonds. The number of carbonyl (C=O) groups excluding carboxylic acids is 1. The predicted octanol–water partition coefficient (Wildman–Crippen LogP) is 4.04. The van der Waals surface area contributed by atoms with E-state index in [1.807, 2.05) is 19.1 Å². The molecule has 0 saturated heterocycles. The van der Waals surface area contributed by atoms with Crippen molar-refractivity contribution in [2.45, 2.75) is 63.0 Å². The molecule has 1 aromatic rings. The van der Waals surface area contributed by atoms with Gasteiger partial charge in [-0.05, 0) is 67.2 Å². The first-order valence-electron chi connectivity index (χ1n) is 9.88. The number of methoxy groups -OCH3 is 1. The van der Waals surface area contributed by atoms with Gasteiger partial charge in [0.2, 0.25) is 5.91 Å². The van der Waals surface area contributed by atoms with E-state index in [1.54, 1.807) is 7.11 Å². The largest absolute Gasteiger partial charge is 0.489 e. The van der Waals surface area contributed by atoms with Crippen molar-refractivity contribution in [2.75, 3.05) is 13.7 Å². The van der Waals surface area contributed by atoms with Gasteiger partial charge in [0.25, 0.3) is 0 Å². The monoisotopic (exact) mass is 373 g/mol. The number of ether oxygens (including phenoxy) is 2. The fraction of sp³-hybridized carbons (Fsp3) is 0.591. The Kier molecular flexibility index (Phi) is 4.75. The van der Waals surface area contributed by atoms with Gasteiger partial charge in [0.15, 0.2) is 0 Å². The molecule has 0 aliphatic heterocycles. The SMILES string of the molecule is CC/C(=C\F)COc1ccc(C23CC(C(=O)NC4CC(OC)C4)(C2)C3)cc1. The molecule has 0 heterocycles. The van der Waals surface area contributed by atoms with Gasteiger partial charge in [0.05, 0.1) is 17.8 Å². The molecule has 0 atom stereocenters. The van der Waals surface area contributed by atoms with Gasteiger partial charge in [-0.2, -0.15) is 0 Å². The first-order chi connectivity index (χ1) is 13.0. The Balaban J connectivity index is 1.28. The molecule has 5 heteroatoms. The topological polar surface area (TPSA) is 47.6 Å². The Bertz CT molecular complexity index is 717. The summed E-state index contributed by atoms with van der Waals surface area (Å²) in [5, 5.41) is 3.20. The molecule has 2 bridgehead atoms. The minimum atomic E-state index is -0.144. The molecule has 5 rings (SSSR count). The smallest absolute Gasteiger partial charge is 0.226 e. The van der Waals surface area contributed by atoms with Gasteiger partial charge in [-0.25, -0.2) is 4.39 Å². The zero-order valence-corrected chi connectivity index (χ0v) is 16.1. The number of carbonyl (C=O) groups is 1.